The number of nitrogens with one attached hydrogen (secondary N) is 1. The van der Waals surface area contributed by atoms with Gasteiger partial charge in [-0.1, -0.05) is 24.8 Å². The summed E-state index contributed by atoms with van der Waals surface area (Å²) in [5.74, 6) is 0.150. The lowest BCUT2D eigenvalue weighted by Gasteiger charge is -2.32. The number of amides is 1. The van der Waals surface area contributed by atoms with E-state index in [4.69, 9.17) is 0 Å². The van der Waals surface area contributed by atoms with Gasteiger partial charge < -0.3 is 10.2 Å². The third-order valence-electron chi connectivity index (χ3n) is 5.74. The summed E-state index contributed by atoms with van der Waals surface area (Å²) in [7, 11) is 1.79. The highest BCUT2D eigenvalue weighted by atomic mass is 16.2. The molecule has 0 radical (unpaired) electrons. The number of aliphatic imine (C=N–C) groups is 1. The molecule has 1 amide bonds. The summed E-state index contributed by atoms with van der Waals surface area (Å²) in [6.07, 6.45) is 7.17. The molecule has 0 bridgehead atoms. The number of allylic oxidation sites excluding steroid dienone is 4. The van der Waals surface area contributed by atoms with Gasteiger partial charge in [-0.2, -0.15) is 0 Å². The molecular formula is C24H31N3O. The molecule has 1 N–H and O–H groups in total. The highest BCUT2D eigenvalue weighted by Crippen LogP contribution is 2.34. The van der Waals surface area contributed by atoms with Gasteiger partial charge in [0.05, 0.1) is 0 Å². The first-order chi connectivity index (χ1) is 13.4. The van der Waals surface area contributed by atoms with E-state index < -0.39 is 0 Å². The van der Waals surface area contributed by atoms with E-state index in [0.29, 0.717) is 12.6 Å². The maximum absolute atomic E-state index is 12.0. The molecule has 4 heteroatoms. The van der Waals surface area contributed by atoms with Crippen LogP contribution in [-0.2, 0) is 17.8 Å². The van der Waals surface area contributed by atoms with Crippen LogP contribution in [0.15, 0.2) is 47.5 Å². The molecule has 0 aromatic heterocycles. The topological polar surface area (TPSA) is 44.7 Å². The van der Waals surface area contributed by atoms with Crippen LogP contribution in [-0.4, -0.2) is 37.2 Å². The van der Waals surface area contributed by atoms with E-state index in [1.165, 1.54) is 23.1 Å². The maximum atomic E-state index is 12.0. The standard InChI is InChI=1S/C24H31N3O/c1-16(2)17(3)11-21(14-25-5)20-12-19-8-10-27(18(4)28)15-23(19)22(13-20)24-7-6-9-26-24/h11-14,24,26H,1,3,6-10,15H2,2,4-5H3/b21-11+,25-14?. The number of rotatable bonds is 5. The molecule has 28 heavy (non-hydrogen) atoms. The van der Waals surface area contributed by atoms with Gasteiger partial charge in [0.25, 0.3) is 0 Å². The number of nitrogens with zero attached hydrogens (tertiary/aromatic N) is 2. The minimum absolute atomic E-state index is 0.150. The summed E-state index contributed by atoms with van der Waals surface area (Å²) in [6, 6.07) is 4.90. The van der Waals surface area contributed by atoms with Crippen molar-refractivity contribution < 1.29 is 4.79 Å². The molecule has 148 valence electrons. The molecule has 0 aliphatic carbocycles. The molecule has 4 nitrogen and oxygen atoms in total. The largest absolute Gasteiger partial charge is 0.338 e. The molecule has 1 fully saturated rings. The van der Waals surface area contributed by atoms with E-state index in [0.717, 1.165) is 48.2 Å². The Hall–Kier alpha value is -2.46. The van der Waals surface area contributed by atoms with Gasteiger partial charge in [-0.05, 0) is 72.7 Å². The first kappa shape index (κ1) is 20.3. The molecule has 1 aromatic rings. The number of fused-ring (bicyclic) bond motifs is 1. The van der Waals surface area contributed by atoms with Crippen LogP contribution in [0, 0.1) is 0 Å². The molecule has 1 aromatic carbocycles. The fraction of sp³-hybridized carbons (Fsp3) is 0.417. The second-order valence-electron chi connectivity index (χ2n) is 7.84. The van der Waals surface area contributed by atoms with Crippen molar-refractivity contribution in [2.75, 3.05) is 20.1 Å². The Morgan fingerprint density at radius 1 is 1.32 bits per heavy atom. The van der Waals surface area contributed by atoms with E-state index in [1.54, 1.807) is 14.0 Å². The van der Waals surface area contributed by atoms with Crippen molar-refractivity contribution in [3.05, 3.63) is 64.8 Å². The monoisotopic (exact) mass is 377 g/mol. The van der Waals surface area contributed by atoms with Gasteiger partial charge in [0, 0.05) is 44.9 Å². The van der Waals surface area contributed by atoms with Crippen molar-refractivity contribution >= 4 is 17.7 Å². The van der Waals surface area contributed by atoms with Gasteiger partial charge in [0.15, 0.2) is 0 Å². The normalized spacial score (nSPS) is 19.8. The van der Waals surface area contributed by atoms with Gasteiger partial charge in [0.1, 0.15) is 0 Å². The van der Waals surface area contributed by atoms with Gasteiger partial charge in [0.2, 0.25) is 5.91 Å². The zero-order valence-corrected chi connectivity index (χ0v) is 17.3. The maximum Gasteiger partial charge on any atom is 0.219 e. The van der Waals surface area contributed by atoms with Gasteiger partial charge >= 0.3 is 0 Å². The number of benzene rings is 1. The summed E-state index contributed by atoms with van der Waals surface area (Å²) in [5.41, 5.74) is 8.06. The SMILES string of the molecule is C=C(C)C(=C)/C=C(\C=NC)c1cc2c(c(C3CCCN3)c1)CN(C(C)=O)CC2. The summed E-state index contributed by atoms with van der Waals surface area (Å²) in [4.78, 5) is 18.2. The molecule has 0 spiro atoms. The number of carbonyl (C=O) groups excluding carboxylic acids is 1. The molecule has 2 aliphatic rings. The molecule has 0 saturated carbocycles. The van der Waals surface area contributed by atoms with E-state index in [2.05, 4.69) is 41.7 Å². The van der Waals surface area contributed by atoms with Gasteiger partial charge in [-0.3, -0.25) is 9.79 Å². The molecule has 2 aliphatic heterocycles. The van der Waals surface area contributed by atoms with Crippen molar-refractivity contribution in [3.63, 3.8) is 0 Å². The second-order valence-corrected chi connectivity index (χ2v) is 7.84. The Bertz CT molecular complexity index is 857. The Labute approximate surface area is 168 Å². The zero-order chi connectivity index (χ0) is 20.3. The van der Waals surface area contributed by atoms with Crippen LogP contribution in [0.4, 0.5) is 0 Å². The predicted molar refractivity (Wildman–Crippen MR) is 118 cm³/mol. The Morgan fingerprint density at radius 2 is 2.11 bits per heavy atom. The highest BCUT2D eigenvalue weighted by Gasteiger charge is 2.27. The molecule has 2 heterocycles. The lowest BCUT2D eigenvalue weighted by molar-refractivity contribution is -0.129. The van der Waals surface area contributed by atoms with E-state index >= 15 is 0 Å². The van der Waals surface area contributed by atoms with Crippen LogP contribution < -0.4 is 5.32 Å². The second kappa shape index (κ2) is 8.70. The van der Waals surface area contributed by atoms with Gasteiger partial charge in [-0.15, -0.1) is 0 Å². The van der Waals surface area contributed by atoms with Crippen molar-refractivity contribution in [3.8, 4) is 0 Å². The van der Waals surface area contributed by atoms with E-state index in [1.807, 2.05) is 18.0 Å². The first-order valence-electron chi connectivity index (χ1n) is 10.0. The zero-order valence-electron chi connectivity index (χ0n) is 17.3. The molecule has 1 saturated heterocycles. The van der Waals surface area contributed by atoms with Crippen molar-refractivity contribution in [1.29, 1.82) is 0 Å². The van der Waals surface area contributed by atoms with Crippen molar-refractivity contribution in [1.82, 2.24) is 10.2 Å². The van der Waals surface area contributed by atoms with Crippen molar-refractivity contribution in [2.24, 2.45) is 4.99 Å². The van der Waals surface area contributed by atoms with Crippen LogP contribution in [0.5, 0.6) is 0 Å². The summed E-state index contributed by atoms with van der Waals surface area (Å²) in [5, 5.41) is 3.64. The number of hydrogen-bond acceptors (Lipinski definition) is 3. The van der Waals surface area contributed by atoms with Crippen LogP contribution >= 0.6 is 0 Å². The first-order valence-corrected chi connectivity index (χ1v) is 10.0. The third kappa shape index (κ3) is 4.33. The quantitative estimate of drug-likeness (QED) is 0.616. The van der Waals surface area contributed by atoms with Crippen LogP contribution in [0.1, 0.15) is 55.0 Å². The van der Waals surface area contributed by atoms with Crippen molar-refractivity contribution in [2.45, 2.75) is 45.7 Å². The summed E-state index contributed by atoms with van der Waals surface area (Å²) >= 11 is 0. The molecule has 3 rings (SSSR count). The minimum atomic E-state index is 0.150. The number of hydrogen-bond donors (Lipinski definition) is 1. The van der Waals surface area contributed by atoms with E-state index in [9.17, 15) is 4.79 Å². The fourth-order valence-corrected chi connectivity index (χ4v) is 4.04. The number of carbonyl (C=O) groups is 1. The lowest BCUT2D eigenvalue weighted by atomic mass is 9.86. The highest BCUT2D eigenvalue weighted by molar-refractivity contribution is 6.10. The smallest absolute Gasteiger partial charge is 0.219 e. The average Bonchev–Trinajstić information content (AvgIpc) is 3.20. The average molecular weight is 378 g/mol. The van der Waals surface area contributed by atoms with E-state index in [-0.39, 0.29) is 5.91 Å². The fourth-order valence-electron chi connectivity index (χ4n) is 4.04. The Morgan fingerprint density at radius 3 is 2.71 bits per heavy atom. The molecular weight excluding hydrogens is 346 g/mol. The van der Waals surface area contributed by atoms with Gasteiger partial charge in [-0.25, -0.2) is 0 Å². The minimum Gasteiger partial charge on any atom is -0.338 e. The van der Waals surface area contributed by atoms with Crippen LogP contribution in [0.3, 0.4) is 0 Å². The molecule has 1 unspecified atom stereocenters. The predicted octanol–water partition coefficient (Wildman–Crippen LogP) is 4.23. The Kier molecular flexibility index (Phi) is 6.30. The lowest BCUT2D eigenvalue weighted by Crippen LogP contribution is -2.35. The molecule has 1 atom stereocenters. The summed E-state index contributed by atoms with van der Waals surface area (Å²) < 4.78 is 0. The third-order valence-corrected chi connectivity index (χ3v) is 5.74. The Balaban J connectivity index is 2.10. The van der Waals surface area contributed by atoms with Crippen LogP contribution in [0.25, 0.3) is 5.57 Å². The van der Waals surface area contributed by atoms with Crippen LogP contribution in [0.2, 0.25) is 0 Å². The summed E-state index contributed by atoms with van der Waals surface area (Å²) in [6.45, 7) is 14.3.